The minimum Gasteiger partial charge on any atom is -0.356 e. The maximum atomic E-state index is 12.4. The number of hydrogen-bond donors (Lipinski definition) is 2. The van der Waals surface area contributed by atoms with Crippen LogP contribution in [0.5, 0.6) is 0 Å². The van der Waals surface area contributed by atoms with Crippen molar-refractivity contribution in [2.75, 3.05) is 39.8 Å². The molecule has 1 heterocycles. The van der Waals surface area contributed by atoms with E-state index in [2.05, 4.69) is 34.7 Å². The van der Waals surface area contributed by atoms with Crippen LogP contribution in [0.2, 0.25) is 0 Å². The number of benzene rings is 1. The van der Waals surface area contributed by atoms with E-state index in [0.29, 0.717) is 30.8 Å². The van der Waals surface area contributed by atoms with Crippen molar-refractivity contribution in [3.05, 3.63) is 30.3 Å². The summed E-state index contributed by atoms with van der Waals surface area (Å²) in [7, 11) is 1.70. The van der Waals surface area contributed by atoms with Crippen molar-refractivity contribution in [1.82, 2.24) is 15.5 Å². The van der Waals surface area contributed by atoms with Crippen LogP contribution in [0.1, 0.15) is 13.3 Å². The molecule has 1 fully saturated rings. The molecule has 0 saturated carbocycles. The Morgan fingerprint density at radius 2 is 2.00 bits per heavy atom. The van der Waals surface area contributed by atoms with Crippen molar-refractivity contribution in [3.8, 4) is 0 Å². The van der Waals surface area contributed by atoms with Gasteiger partial charge in [0, 0.05) is 36.8 Å². The zero-order valence-corrected chi connectivity index (χ0v) is 18.8. The number of alkyl halides is 3. The van der Waals surface area contributed by atoms with Crippen molar-refractivity contribution in [1.29, 1.82) is 0 Å². The first-order chi connectivity index (χ1) is 12.4. The summed E-state index contributed by atoms with van der Waals surface area (Å²) in [6.45, 7) is 3.69. The Morgan fingerprint density at radius 1 is 1.30 bits per heavy atom. The highest BCUT2D eigenvalue weighted by Gasteiger charge is 2.34. The SMILES string of the molecule is CN=C(NCC1CCN(CC(F)(F)F)C1)NCC(C)Sc1ccccc1.I. The number of rotatable bonds is 7. The molecule has 0 bridgehead atoms. The van der Waals surface area contributed by atoms with E-state index in [1.165, 1.54) is 9.80 Å². The highest BCUT2D eigenvalue weighted by Crippen LogP contribution is 2.23. The van der Waals surface area contributed by atoms with E-state index in [4.69, 9.17) is 0 Å². The summed E-state index contributed by atoms with van der Waals surface area (Å²) >= 11 is 1.79. The highest BCUT2D eigenvalue weighted by atomic mass is 127. The maximum Gasteiger partial charge on any atom is 0.401 e. The summed E-state index contributed by atoms with van der Waals surface area (Å²) in [4.78, 5) is 6.89. The van der Waals surface area contributed by atoms with E-state index in [9.17, 15) is 13.2 Å². The molecule has 4 nitrogen and oxygen atoms in total. The van der Waals surface area contributed by atoms with Crippen LogP contribution in [0.3, 0.4) is 0 Å². The zero-order valence-electron chi connectivity index (χ0n) is 15.6. The topological polar surface area (TPSA) is 39.7 Å². The number of guanidine groups is 1. The lowest BCUT2D eigenvalue weighted by Crippen LogP contribution is -2.42. The van der Waals surface area contributed by atoms with Crippen LogP contribution in [0.15, 0.2) is 40.2 Å². The van der Waals surface area contributed by atoms with Crippen LogP contribution in [0.4, 0.5) is 13.2 Å². The predicted octanol–water partition coefficient (Wildman–Crippen LogP) is 3.83. The van der Waals surface area contributed by atoms with E-state index in [1.54, 1.807) is 18.8 Å². The van der Waals surface area contributed by atoms with E-state index < -0.39 is 12.7 Å². The standard InChI is InChI=1S/C18H27F3N4S.HI/c1-14(26-16-6-4-3-5-7-16)10-23-17(22-2)24-11-15-8-9-25(12-15)13-18(19,20)21;/h3-7,14-15H,8-13H2,1-2H3,(H2,22,23,24);1H. The van der Waals surface area contributed by atoms with Gasteiger partial charge in [-0.05, 0) is 31.0 Å². The first-order valence-corrected chi connectivity index (χ1v) is 9.69. The van der Waals surface area contributed by atoms with Crippen LogP contribution in [-0.4, -0.2) is 62.1 Å². The molecule has 1 saturated heterocycles. The molecule has 0 radical (unpaired) electrons. The minimum absolute atomic E-state index is 0. The molecule has 1 aromatic rings. The van der Waals surface area contributed by atoms with Gasteiger partial charge in [0.05, 0.1) is 6.54 Å². The summed E-state index contributed by atoms with van der Waals surface area (Å²) < 4.78 is 37.3. The Morgan fingerprint density at radius 3 is 2.63 bits per heavy atom. The second-order valence-corrected chi connectivity index (χ2v) is 8.09. The number of thioether (sulfide) groups is 1. The summed E-state index contributed by atoms with van der Waals surface area (Å²) in [6.07, 6.45) is -3.34. The fraction of sp³-hybridized carbons (Fsp3) is 0.611. The van der Waals surface area contributed by atoms with E-state index in [-0.39, 0.29) is 29.9 Å². The molecule has 2 rings (SSSR count). The molecule has 1 aromatic carbocycles. The fourth-order valence-corrected chi connectivity index (χ4v) is 3.90. The summed E-state index contributed by atoms with van der Waals surface area (Å²) in [5.41, 5.74) is 0. The molecule has 0 amide bonds. The van der Waals surface area contributed by atoms with Gasteiger partial charge >= 0.3 is 6.18 Å². The van der Waals surface area contributed by atoms with Gasteiger partial charge in [-0.3, -0.25) is 9.89 Å². The molecule has 154 valence electrons. The molecule has 27 heavy (non-hydrogen) atoms. The Bertz CT molecular complexity index is 571. The van der Waals surface area contributed by atoms with Gasteiger partial charge in [0.1, 0.15) is 0 Å². The molecule has 0 aromatic heterocycles. The molecular formula is C18H28F3IN4S. The summed E-state index contributed by atoms with van der Waals surface area (Å²) in [5.74, 6) is 0.909. The zero-order chi connectivity index (χ0) is 19.0. The van der Waals surface area contributed by atoms with Crippen molar-refractivity contribution in [2.45, 2.75) is 29.7 Å². The number of hydrogen-bond acceptors (Lipinski definition) is 3. The fourth-order valence-electron chi connectivity index (χ4n) is 2.95. The van der Waals surface area contributed by atoms with E-state index in [0.717, 1.165) is 13.0 Å². The molecule has 2 unspecified atom stereocenters. The van der Waals surface area contributed by atoms with Gasteiger partial charge in [0.2, 0.25) is 0 Å². The molecule has 2 atom stereocenters. The Kier molecular flexibility index (Phi) is 10.8. The summed E-state index contributed by atoms with van der Waals surface area (Å²) in [6, 6.07) is 10.2. The lowest BCUT2D eigenvalue weighted by Gasteiger charge is -2.19. The van der Waals surface area contributed by atoms with E-state index in [1.807, 2.05) is 18.2 Å². The third kappa shape index (κ3) is 9.89. The number of nitrogens with zero attached hydrogens (tertiary/aromatic N) is 2. The Balaban J connectivity index is 0.00000364. The second kappa shape index (κ2) is 12.0. The molecule has 1 aliphatic rings. The number of aliphatic imine (C=N–C) groups is 1. The predicted molar refractivity (Wildman–Crippen MR) is 117 cm³/mol. The van der Waals surface area contributed by atoms with Crippen molar-refractivity contribution < 1.29 is 13.2 Å². The van der Waals surface area contributed by atoms with Gasteiger partial charge in [-0.15, -0.1) is 35.7 Å². The smallest absolute Gasteiger partial charge is 0.356 e. The average Bonchev–Trinajstić information content (AvgIpc) is 3.01. The first kappa shape index (κ1) is 24.4. The Labute approximate surface area is 180 Å². The van der Waals surface area contributed by atoms with Crippen LogP contribution in [0.25, 0.3) is 0 Å². The van der Waals surface area contributed by atoms with Gasteiger partial charge < -0.3 is 10.6 Å². The van der Waals surface area contributed by atoms with Gasteiger partial charge in [-0.1, -0.05) is 25.1 Å². The third-order valence-corrected chi connectivity index (χ3v) is 5.31. The van der Waals surface area contributed by atoms with Crippen LogP contribution >= 0.6 is 35.7 Å². The molecule has 0 aliphatic carbocycles. The number of likely N-dealkylation sites (tertiary alicyclic amines) is 1. The van der Waals surface area contributed by atoms with Gasteiger partial charge in [-0.25, -0.2) is 0 Å². The lowest BCUT2D eigenvalue weighted by atomic mass is 10.1. The quantitative estimate of drug-likeness (QED) is 0.250. The van der Waals surface area contributed by atoms with Crippen molar-refractivity contribution in [2.24, 2.45) is 10.9 Å². The maximum absolute atomic E-state index is 12.4. The normalized spacial score (nSPS) is 19.4. The largest absolute Gasteiger partial charge is 0.401 e. The van der Waals surface area contributed by atoms with Gasteiger partial charge in [-0.2, -0.15) is 13.2 Å². The summed E-state index contributed by atoms with van der Waals surface area (Å²) in [5, 5.41) is 6.89. The monoisotopic (exact) mass is 516 g/mol. The molecular weight excluding hydrogens is 488 g/mol. The van der Waals surface area contributed by atoms with Crippen LogP contribution < -0.4 is 10.6 Å². The van der Waals surface area contributed by atoms with Crippen LogP contribution in [0, 0.1) is 5.92 Å². The van der Waals surface area contributed by atoms with Crippen molar-refractivity contribution in [3.63, 3.8) is 0 Å². The van der Waals surface area contributed by atoms with Crippen molar-refractivity contribution >= 4 is 41.7 Å². The lowest BCUT2D eigenvalue weighted by molar-refractivity contribution is -0.143. The molecule has 0 spiro atoms. The molecule has 9 heteroatoms. The molecule has 1 aliphatic heterocycles. The second-order valence-electron chi connectivity index (χ2n) is 6.58. The average molecular weight is 516 g/mol. The van der Waals surface area contributed by atoms with Gasteiger partial charge in [0.25, 0.3) is 0 Å². The third-order valence-electron chi connectivity index (χ3n) is 4.19. The van der Waals surface area contributed by atoms with E-state index >= 15 is 0 Å². The minimum atomic E-state index is -4.12. The number of nitrogens with one attached hydrogen (secondary N) is 2. The van der Waals surface area contributed by atoms with Gasteiger partial charge in [0.15, 0.2) is 5.96 Å². The first-order valence-electron chi connectivity index (χ1n) is 8.81. The van der Waals surface area contributed by atoms with Crippen LogP contribution in [-0.2, 0) is 0 Å². The molecule has 2 N–H and O–H groups in total. The Hall–Kier alpha value is -0.680. The number of halogens is 4. The highest BCUT2D eigenvalue weighted by molar-refractivity contribution is 14.0.